The van der Waals surface area contributed by atoms with Crippen LogP contribution in [0.2, 0.25) is 0 Å². The van der Waals surface area contributed by atoms with Gasteiger partial charge < -0.3 is 38.9 Å². The molecule has 3 aromatic carbocycles. The minimum absolute atomic E-state index is 0.134. The number of hydrogen-bond donors (Lipinski definition) is 3. The summed E-state index contributed by atoms with van der Waals surface area (Å²) in [5.41, 5.74) is 6.04. The third kappa shape index (κ3) is 12.4. The normalized spacial score (nSPS) is 17.9. The molecule has 4 heterocycles. The molecule has 7 rings (SSSR count). The highest BCUT2D eigenvalue weighted by molar-refractivity contribution is 7.86. The van der Waals surface area contributed by atoms with Crippen LogP contribution in [0.3, 0.4) is 0 Å². The standard InChI is InChI=1S/C53H63N3O14S2/c1-7-66-27-28-68-30-29-67-26-25-55-45-35-47-42(34-41(45)37(2)36-52(55,3)4)39(32-46(69-47)38-14-9-8-10-15-38)16-11-17-48-53(5,23-12-18-51(59)70-56-49(57)21-22-50(56)58)43-33-40(72(62,63)64)19-20-44(43)54(48)24-13-31-71(60,61)65-6/h8-11,14-17,19-22,32-36H,7,12-13,18,23-31H2,1-6H3,(H2-,57,58,62,63,64)/p+1. The van der Waals surface area contributed by atoms with E-state index in [2.05, 4.69) is 43.9 Å². The Bertz CT molecular complexity index is 3010. The van der Waals surface area contributed by atoms with Crippen molar-refractivity contribution >= 4 is 60.2 Å². The lowest BCUT2D eigenvalue weighted by Crippen LogP contribution is -2.46. The summed E-state index contributed by atoms with van der Waals surface area (Å²) in [6.07, 6.45) is 10.4. The van der Waals surface area contributed by atoms with Crippen LogP contribution >= 0.6 is 0 Å². The second-order valence-corrected chi connectivity index (χ2v) is 21.6. The van der Waals surface area contributed by atoms with E-state index in [-0.39, 0.29) is 48.4 Å². The van der Waals surface area contributed by atoms with Crippen molar-refractivity contribution in [2.24, 2.45) is 0 Å². The number of carbonyl (C=O) groups excluding carboxylic acids is 1. The summed E-state index contributed by atoms with van der Waals surface area (Å²) < 4.78 is 91.4. The van der Waals surface area contributed by atoms with Crippen LogP contribution in [-0.2, 0) is 48.8 Å². The second-order valence-electron chi connectivity index (χ2n) is 18.3. The van der Waals surface area contributed by atoms with Gasteiger partial charge in [-0.1, -0.05) is 48.6 Å². The van der Waals surface area contributed by atoms with Gasteiger partial charge in [0.15, 0.2) is 5.71 Å². The van der Waals surface area contributed by atoms with Crippen LogP contribution in [0, 0.1) is 0 Å². The zero-order valence-corrected chi connectivity index (χ0v) is 43.1. The van der Waals surface area contributed by atoms with Gasteiger partial charge in [0.05, 0.1) is 61.7 Å². The van der Waals surface area contributed by atoms with Gasteiger partial charge in [-0.2, -0.15) is 21.4 Å². The predicted molar refractivity (Wildman–Crippen MR) is 274 cm³/mol. The molecule has 386 valence electrons. The first-order chi connectivity index (χ1) is 34.3. The largest absolute Gasteiger partial charge is 0.492 e. The highest BCUT2D eigenvalue weighted by atomic mass is 32.2. The highest BCUT2D eigenvalue weighted by Crippen LogP contribution is 2.48. The van der Waals surface area contributed by atoms with Crippen LogP contribution in [-0.4, -0.2) is 124 Å². The molecule has 1 unspecified atom stereocenters. The van der Waals surface area contributed by atoms with Gasteiger partial charge in [-0.3, -0.25) is 8.74 Å². The van der Waals surface area contributed by atoms with Crippen LogP contribution in [0.5, 0.6) is 17.5 Å². The van der Waals surface area contributed by atoms with E-state index in [0.29, 0.717) is 79.4 Å². The lowest BCUT2D eigenvalue weighted by atomic mass is 9.75. The number of carbonyl (C=O) groups is 1. The average Bonchev–Trinajstić information content (AvgIpc) is 3.77. The molecule has 0 spiro atoms. The molecule has 0 radical (unpaired) electrons. The summed E-state index contributed by atoms with van der Waals surface area (Å²) in [6.45, 7) is 14.1. The number of ether oxygens (including phenoxy) is 4. The summed E-state index contributed by atoms with van der Waals surface area (Å²) >= 11 is 0. The molecule has 0 aliphatic carbocycles. The van der Waals surface area contributed by atoms with E-state index in [1.807, 2.05) is 73.1 Å². The molecular weight excluding hydrogens is 967 g/mol. The highest BCUT2D eigenvalue weighted by Gasteiger charge is 2.48. The summed E-state index contributed by atoms with van der Waals surface area (Å²) in [6, 6.07) is 20.6. The van der Waals surface area contributed by atoms with E-state index in [1.54, 1.807) is 6.07 Å². The van der Waals surface area contributed by atoms with Gasteiger partial charge in [-0.25, -0.2) is 4.79 Å². The van der Waals surface area contributed by atoms with Crippen molar-refractivity contribution < 1.29 is 68.9 Å². The molecular formula is C53H64N3O14S2+. The molecule has 3 aliphatic heterocycles. The number of nitrogens with zero attached hydrogens (tertiary/aromatic N) is 3. The third-order valence-corrected chi connectivity index (χ3v) is 15.1. The molecule has 4 aromatic rings. The van der Waals surface area contributed by atoms with Gasteiger partial charge in [0.25, 0.3) is 20.2 Å². The minimum atomic E-state index is -4.66. The maximum absolute atomic E-state index is 13.1. The van der Waals surface area contributed by atoms with Gasteiger partial charge >= 0.3 is 5.97 Å². The van der Waals surface area contributed by atoms with Crippen molar-refractivity contribution in [1.29, 1.82) is 0 Å². The van der Waals surface area contributed by atoms with E-state index in [1.165, 1.54) is 24.3 Å². The average molecular weight is 1030 g/mol. The monoisotopic (exact) mass is 1030 g/mol. The fourth-order valence-corrected chi connectivity index (χ4v) is 10.6. The molecule has 0 saturated carbocycles. The van der Waals surface area contributed by atoms with Gasteiger partial charge in [-0.15, -0.1) is 4.73 Å². The van der Waals surface area contributed by atoms with Crippen LogP contribution < -0.4 is 14.5 Å². The first kappa shape index (κ1) is 53.7. The van der Waals surface area contributed by atoms with Crippen molar-refractivity contribution in [3.8, 4) is 17.5 Å². The Morgan fingerprint density at radius 3 is 2.24 bits per heavy atom. The molecule has 1 aromatic heterocycles. The Hall–Kier alpha value is -6.06. The lowest BCUT2D eigenvalue weighted by Gasteiger charge is -2.44. The van der Waals surface area contributed by atoms with Crippen molar-refractivity contribution in [3.05, 3.63) is 125 Å². The number of anilines is 1. The number of benzene rings is 3. The van der Waals surface area contributed by atoms with Crippen LogP contribution in [0.1, 0.15) is 82.6 Å². The molecule has 0 saturated heterocycles. The smallest absolute Gasteiger partial charge is 0.333 e. The Balaban J connectivity index is 1.27. The summed E-state index contributed by atoms with van der Waals surface area (Å²) in [4.78, 5) is 20.3. The molecule has 72 heavy (non-hydrogen) atoms. The van der Waals surface area contributed by atoms with Crippen LogP contribution in [0.25, 0.3) is 16.9 Å². The number of aromatic nitrogens is 1. The van der Waals surface area contributed by atoms with Crippen LogP contribution in [0.15, 0.2) is 108 Å². The number of hydrogen-bond acceptors (Lipinski definition) is 14. The Morgan fingerprint density at radius 2 is 1.56 bits per heavy atom. The molecule has 0 amide bonds. The van der Waals surface area contributed by atoms with Gasteiger partial charge in [-0.05, 0) is 82.9 Å². The first-order valence-corrected chi connectivity index (χ1v) is 26.9. The first-order valence-electron chi connectivity index (χ1n) is 23.8. The lowest BCUT2D eigenvalue weighted by molar-refractivity contribution is -0.437. The Morgan fingerprint density at radius 1 is 0.861 bits per heavy atom. The molecule has 1 atom stereocenters. The van der Waals surface area contributed by atoms with Crippen LogP contribution in [0.4, 0.5) is 11.4 Å². The van der Waals surface area contributed by atoms with Gasteiger partial charge in [0, 0.05) is 84.3 Å². The van der Waals surface area contributed by atoms with Gasteiger partial charge in [0.2, 0.25) is 17.4 Å². The fourth-order valence-electron chi connectivity index (χ4n) is 9.46. The summed E-state index contributed by atoms with van der Waals surface area (Å²) in [5.74, 6) is -0.725. The van der Waals surface area contributed by atoms with Gasteiger partial charge in [0.1, 0.15) is 18.1 Å². The van der Waals surface area contributed by atoms with E-state index < -0.39 is 43.4 Å². The number of aromatic hydroxyl groups is 2. The number of rotatable bonds is 24. The fraction of sp³-hybridized carbons (Fsp3) is 0.396. The quantitative estimate of drug-likeness (QED) is 0.0264. The summed E-state index contributed by atoms with van der Waals surface area (Å²) in [5, 5.41) is 20.1. The third-order valence-electron chi connectivity index (χ3n) is 13.0. The zero-order valence-electron chi connectivity index (χ0n) is 41.5. The van der Waals surface area contributed by atoms with E-state index in [0.717, 1.165) is 40.6 Å². The SMILES string of the molecule is CCOCCOCCOCCN1c2cc3c(cc2C(C)=CC1(C)C)C(=CC=CC1=[N+](CCCS(=O)(=O)OC)c2ccc(S(=O)(=O)O)cc2C1(C)CCCC(=O)On1c(O)ccc1O)C=C(c1ccccc1)O3. The maximum atomic E-state index is 13.1. The minimum Gasteiger partial charge on any atom is -0.492 e. The van der Waals surface area contributed by atoms with Crippen molar-refractivity contribution in [1.82, 2.24) is 4.73 Å². The Kier molecular flexibility index (Phi) is 17.0. The van der Waals surface area contributed by atoms with Crippen molar-refractivity contribution in [3.63, 3.8) is 0 Å². The topological polar surface area (TPSA) is 213 Å². The molecule has 17 nitrogen and oxygen atoms in total. The van der Waals surface area contributed by atoms with E-state index >= 15 is 0 Å². The molecule has 19 heteroatoms. The predicted octanol–water partition coefficient (Wildman–Crippen LogP) is 7.84. The molecule has 3 aliphatic rings. The zero-order chi connectivity index (χ0) is 51.8. The number of fused-ring (bicyclic) bond motifs is 3. The number of allylic oxidation sites excluding steroid dienone is 6. The van der Waals surface area contributed by atoms with Crippen molar-refractivity contribution in [2.45, 2.75) is 76.2 Å². The maximum Gasteiger partial charge on any atom is 0.333 e. The van der Waals surface area contributed by atoms with Crippen molar-refractivity contribution in [2.75, 3.05) is 70.5 Å². The van der Waals surface area contributed by atoms with E-state index in [9.17, 15) is 36.4 Å². The second kappa shape index (κ2) is 22.8. The molecule has 0 bridgehead atoms. The Labute approximate surface area is 421 Å². The molecule has 0 fully saturated rings. The van der Waals surface area contributed by atoms with E-state index in [4.69, 9.17) is 28.0 Å². The summed E-state index contributed by atoms with van der Waals surface area (Å²) in [7, 11) is -7.39. The molecule has 3 N–H and O–H groups in total.